The predicted octanol–water partition coefficient (Wildman–Crippen LogP) is 14.3. The fraction of sp³-hybridized carbons (Fsp3) is 0. The largest absolute Gasteiger partial charge is 0.456 e. The molecule has 11 rings (SSSR count). The Kier molecular flexibility index (Phi) is 6.75. The average Bonchev–Trinajstić information content (AvgIpc) is 3.85. The predicted molar refractivity (Wildman–Crippen MR) is 229 cm³/mol. The summed E-state index contributed by atoms with van der Waals surface area (Å²) in [5, 5.41) is 3.67. The number of rotatable bonds is 6. The van der Waals surface area contributed by atoms with Gasteiger partial charge in [-0.1, -0.05) is 133 Å². The molecule has 0 aliphatic heterocycles. The number of para-hydroxylation sites is 2. The Labute approximate surface area is 327 Å². The van der Waals surface area contributed by atoms with Crippen LogP contribution in [-0.2, 0) is 0 Å². The Bertz CT molecular complexity index is 3270. The van der Waals surface area contributed by atoms with Gasteiger partial charge in [0.25, 0.3) is 0 Å². The lowest BCUT2D eigenvalue weighted by Gasteiger charge is -2.14. The quantitative estimate of drug-likeness (QED) is 0.172. The molecule has 0 bridgehead atoms. The first kappa shape index (κ1) is 28.9. The zero-order valence-corrected chi connectivity index (χ0v) is 30.0. The zero-order valence-electron chi connectivity index (χ0n) is 33.0. The van der Waals surface area contributed by atoms with E-state index in [0.29, 0.717) is 56.2 Å². The molecule has 4 heteroatoms. The number of benzene rings is 8. The molecule has 0 unspecified atom stereocenters. The standard InChI is InChI=1S/C52H32N2O2/c1-3-11-33(12-4-1)34-19-21-35(22-20-34)46-32-47(54-52(53-46)36-13-5-2-6-14-36)41-28-39(37-23-25-50-44(30-37)42-15-7-9-17-48(42)55-50)27-40(29-41)38-24-26-51-45(31-38)43-16-8-10-18-49(43)56-51/h1-32H/i27D,28D,29D. The molecule has 0 atom stereocenters. The van der Waals surface area contributed by atoms with Gasteiger partial charge in [0.1, 0.15) is 22.3 Å². The minimum Gasteiger partial charge on any atom is -0.456 e. The zero-order chi connectivity index (χ0) is 39.6. The van der Waals surface area contributed by atoms with E-state index in [0.717, 1.165) is 55.0 Å². The maximum atomic E-state index is 9.95. The molecule has 0 aliphatic rings. The van der Waals surface area contributed by atoms with E-state index < -0.39 is 0 Å². The summed E-state index contributed by atoms with van der Waals surface area (Å²) < 4.78 is 42.1. The molecule has 0 saturated heterocycles. The molecule has 56 heavy (non-hydrogen) atoms. The highest BCUT2D eigenvalue weighted by Crippen LogP contribution is 2.39. The maximum absolute atomic E-state index is 9.95. The van der Waals surface area contributed by atoms with E-state index >= 15 is 0 Å². The summed E-state index contributed by atoms with van der Waals surface area (Å²) in [7, 11) is 0. The molecule has 11 aromatic rings. The topological polar surface area (TPSA) is 52.1 Å². The molecule has 262 valence electrons. The van der Waals surface area contributed by atoms with Gasteiger partial charge >= 0.3 is 0 Å². The highest BCUT2D eigenvalue weighted by atomic mass is 16.3. The average molecular weight is 720 g/mol. The van der Waals surface area contributed by atoms with Crippen LogP contribution < -0.4 is 0 Å². The molecule has 4 nitrogen and oxygen atoms in total. The molecule has 3 heterocycles. The van der Waals surface area contributed by atoms with Crippen molar-refractivity contribution in [3.8, 4) is 67.3 Å². The number of aromatic nitrogens is 2. The Hall–Kier alpha value is -7.56. The lowest BCUT2D eigenvalue weighted by atomic mass is 9.93. The highest BCUT2D eigenvalue weighted by molar-refractivity contribution is 6.07. The molecule has 0 N–H and O–H groups in total. The van der Waals surface area contributed by atoms with E-state index in [1.54, 1.807) is 0 Å². The molecule has 0 aliphatic carbocycles. The van der Waals surface area contributed by atoms with Crippen molar-refractivity contribution in [3.05, 3.63) is 194 Å². The van der Waals surface area contributed by atoms with E-state index in [-0.39, 0.29) is 18.1 Å². The fourth-order valence-corrected chi connectivity index (χ4v) is 7.55. The van der Waals surface area contributed by atoms with Gasteiger partial charge < -0.3 is 8.83 Å². The van der Waals surface area contributed by atoms with Crippen LogP contribution in [0.15, 0.2) is 203 Å². The number of hydrogen-bond acceptors (Lipinski definition) is 4. The summed E-state index contributed by atoms with van der Waals surface area (Å²) in [5.41, 5.74) is 10.3. The van der Waals surface area contributed by atoms with Gasteiger partial charge in [-0.3, -0.25) is 0 Å². The van der Waals surface area contributed by atoms with Crippen LogP contribution in [0.25, 0.3) is 111 Å². The van der Waals surface area contributed by atoms with Gasteiger partial charge in [0.15, 0.2) is 5.82 Å². The SMILES string of the molecule is [2H]c1c(-c2ccc3oc4ccccc4c3c2)c([2H])c(-c2cc(-c3ccc(-c4ccccc4)cc3)nc(-c3ccccc3)n2)c([2H])c1-c1ccc2oc3ccccc3c2c1. The van der Waals surface area contributed by atoms with Gasteiger partial charge in [0.2, 0.25) is 0 Å². The van der Waals surface area contributed by atoms with Gasteiger partial charge in [-0.15, -0.1) is 0 Å². The third-order valence-corrected chi connectivity index (χ3v) is 10.4. The van der Waals surface area contributed by atoms with Crippen molar-refractivity contribution in [3.63, 3.8) is 0 Å². The van der Waals surface area contributed by atoms with Crippen molar-refractivity contribution in [1.29, 1.82) is 0 Å². The van der Waals surface area contributed by atoms with Gasteiger partial charge in [0, 0.05) is 38.2 Å². The number of fused-ring (bicyclic) bond motifs is 6. The first-order valence-corrected chi connectivity index (χ1v) is 18.6. The Balaban J connectivity index is 1.18. The van der Waals surface area contributed by atoms with Gasteiger partial charge in [0.05, 0.1) is 15.5 Å². The summed E-state index contributed by atoms with van der Waals surface area (Å²) in [6, 6.07) is 57.6. The summed E-state index contributed by atoms with van der Waals surface area (Å²) in [6.45, 7) is 0. The van der Waals surface area contributed by atoms with Crippen LogP contribution in [-0.4, -0.2) is 9.97 Å². The second-order valence-electron chi connectivity index (χ2n) is 13.9. The minimum absolute atomic E-state index is 0.0360. The molecular formula is C52H32N2O2. The molecule has 3 aromatic heterocycles. The summed E-state index contributed by atoms with van der Waals surface area (Å²) >= 11 is 0. The smallest absolute Gasteiger partial charge is 0.160 e. The summed E-state index contributed by atoms with van der Waals surface area (Å²) in [4.78, 5) is 10.2. The Morgan fingerprint density at radius 2 is 0.714 bits per heavy atom. The van der Waals surface area contributed by atoms with Crippen molar-refractivity contribution in [2.45, 2.75) is 0 Å². The molecule has 0 radical (unpaired) electrons. The minimum atomic E-state index is 0.0360. The van der Waals surface area contributed by atoms with Crippen molar-refractivity contribution < 1.29 is 12.9 Å². The van der Waals surface area contributed by atoms with Crippen molar-refractivity contribution >= 4 is 43.9 Å². The van der Waals surface area contributed by atoms with Crippen LogP contribution in [0.4, 0.5) is 0 Å². The monoisotopic (exact) mass is 719 g/mol. The molecule has 0 fully saturated rings. The van der Waals surface area contributed by atoms with Crippen LogP contribution in [0.2, 0.25) is 0 Å². The van der Waals surface area contributed by atoms with Crippen LogP contribution in [0.5, 0.6) is 0 Å². The van der Waals surface area contributed by atoms with Gasteiger partial charge in [-0.25, -0.2) is 9.97 Å². The summed E-state index contributed by atoms with van der Waals surface area (Å²) in [6.07, 6.45) is 0. The van der Waals surface area contributed by atoms with Gasteiger partial charge in [-0.2, -0.15) is 0 Å². The second-order valence-corrected chi connectivity index (χ2v) is 13.9. The van der Waals surface area contributed by atoms with Crippen LogP contribution in [0, 0.1) is 0 Å². The maximum Gasteiger partial charge on any atom is 0.160 e. The van der Waals surface area contributed by atoms with Gasteiger partial charge in [-0.05, 0) is 94.0 Å². The van der Waals surface area contributed by atoms with E-state index in [4.69, 9.17) is 18.8 Å². The number of nitrogens with zero attached hydrogens (tertiary/aromatic N) is 2. The normalized spacial score (nSPS) is 12.3. The first-order valence-electron chi connectivity index (χ1n) is 20.1. The lowest BCUT2D eigenvalue weighted by Crippen LogP contribution is -1.96. The second kappa shape index (κ2) is 13.1. The van der Waals surface area contributed by atoms with Crippen molar-refractivity contribution in [1.82, 2.24) is 9.97 Å². The fourth-order valence-electron chi connectivity index (χ4n) is 7.55. The molecule has 0 amide bonds. The Morgan fingerprint density at radius 1 is 0.304 bits per heavy atom. The third kappa shape index (κ3) is 5.64. The lowest BCUT2D eigenvalue weighted by molar-refractivity contribution is 0.668. The highest BCUT2D eigenvalue weighted by Gasteiger charge is 2.16. The van der Waals surface area contributed by atoms with E-state index in [1.165, 1.54) is 0 Å². The number of hydrogen-bond donors (Lipinski definition) is 0. The summed E-state index contributed by atoms with van der Waals surface area (Å²) in [5.74, 6) is 0.472. The molecular weight excluding hydrogens is 685 g/mol. The van der Waals surface area contributed by atoms with Crippen LogP contribution in [0.1, 0.15) is 4.11 Å². The van der Waals surface area contributed by atoms with E-state index in [9.17, 15) is 4.11 Å². The number of furan rings is 2. The van der Waals surface area contributed by atoms with Crippen LogP contribution in [0.3, 0.4) is 0 Å². The molecule has 0 saturated carbocycles. The van der Waals surface area contributed by atoms with Crippen LogP contribution >= 0.6 is 0 Å². The van der Waals surface area contributed by atoms with E-state index in [2.05, 4.69) is 24.3 Å². The Morgan fingerprint density at radius 3 is 1.29 bits per heavy atom. The molecule has 0 spiro atoms. The van der Waals surface area contributed by atoms with Crippen molar-refractivity contribution in [2.75, 3.05) is 0 Å². The van der Waals surface area contributed by atoms with Crippen molar-refractivity contribution in [2.24, 2.45) is 0 Å². The van der Waals surface area contributed by atoms with E-state index in [1.807, 2.05) is 152 Å². The first-order chi connectivity index (χ1) is 29.0. The molecule has 8 aromatic carbocycles. The third-order valence-electron chi connectivity index (χ3n) is 10.4.